The van der Waals surface area contributed by atoms with Gasteiger partial charge in [0, 0.05) is 12.3 Å². The second-order valence-corrected chi connectivity index (χ2v) is 4.03. The van der Waals surface area contributed by atoms with Gasteiger partial charge in [-0.1, -0.05) is 23.2 Å². The molecule has 0 bridgehead atoms. The van der Waals surface area contributed by atoms with E-state index in [2.05, 4.69) is 4.98 Å². The maximum Gasteiger partial charge on any atom is 0.258 e. The fourth-order valence-corrected chi connectivity index (χ4v) is 1.90. The summed E-state index contributed by atoms with van der Waals surface area (Å²) < 4.78 is 1.29. The second-order valence-electron chi connectivity index (χ2n) is 2.92. The molecular formula is C9H5Cl3N2O. The number of fused-ring (bicyclic) bond motifs is 1. The molecule has 2 aromatic rings. The Morgan fingerprint density at radius 3 is 2.73 bits per heavy atom. The Bertz CT molecular complexity index is 579. The van der Waals surface area contributed by atoms with Crippen molar-refractivity contribution in [2.75, 3.05) is 0 Å². The van der Waals surface area contributed by atoms with Gasteiger partial charge >= 0.3 is 0 Å². The van der Waals surface area contributed by atoms with Crippen LogP contribution in [-0.4, -0.2) is 9.38 Å². The van der Waals surface area contributed by atoms with E-state index < -0.39 is 0 Å². The van der Waals surface area contributed by atoms with Crippen LogP contribution < -0.4 is 5.56 Å². The van der Waals surface area contributed by atoms with Crippen molar-refractivity contribution in [2.24, 2.45) is 0 Å². The van der Waals surface area contributed by atoms with E-state index in [0.717, 1.165) is 0 Å². The summed E-state index contributed by atoms with van der Waals surface area (Å²) in [6, 6.07) is 2.88. The van der Waals surface area contributed by atoms with Crippen LogP contribution >= 0.6 is 34.8 Å². The second kappa shape index (κ2) is 4.00. The van der Waals surface area contributed by atoms with E-state index in [0.29, 0.717) is 21.4 Å². The van der Waals surface area contributed by atoms with Gasteiger partial charge in [-0.15, -0.1) is 11.6 Å². The van der Waals surface area contributed by atoms with Crippen molar-refractivity contribution in [3.05, 3.63) is 44.4 Å². The summed E-state index contributed by atoms with van der Waals surface area (Å²) in [5.74, 6) is 0.171. The van der Waals surface area contributed by atoms with Gasteiger partial charge in [0.1, 0.15) is 0 Å². The van der Waals surface area contributed by atoms with Crippen LogP contribution in [0.1, 0.15) is 5.69 Å². The zero-order valence-electron chi connectivity index (χ0n) is 7.38. The van der Waals surface area contributed by atoms with Gasteiger partial charge in [-0.05, 0) is 6.07 Å². The standard InChI is InChI=1S/C9H5Cl3N2O/c10-3-6-2-8(15)14-4-5(11)1-7(12)9(14)13-6/h1-2,4H,3H2. The molecule has 2 heterocycles. The molecule has 0 aromatic carbocycles. The van der Waals surface area contributed by atoms with Crippen LogP contribution in [-0.2, 0) is 5.88 Å². The van der Waals surface area contributed by atoms with E-state index in [-0.39, 0.29) is 11.4 Å². The molecule has 0 unspecified atom stereocenters. The van der Waals surface area contributed by atoms with Crippen molar-refractivity contribution < 1.29 is 0 Å². The first-order valence-electron chi connectivity index (χ1n) is 4.05. The molecule has 0 radical (unpaired) electrons. The van der Waals surface area contributed by atoms with Crippen LogP contribution in [0.15, 0.2) is 23.1 Å². The molecular weight excluding hydrogens is 258 g/mol. The van der Waals surface area contributed by atoms with Gasteiger partial charge in [0.25, 0.3) is 5.56 Å². The van der Waals surface area contributed by atoms with E-state index >= 15 is 0 Å². The van der Waals surface area contributed by atoms with Crippen molar-refractivity contribution in [3.8, 4) is 0 Å². The number of hydrogen-bond donors (Lipinski definition) is 0. The van der Waals surface area contributed by atoms with Gasteiger partial charge in [-0.3, -0.25) is 9.20 Å². The van der Waals surface area contributed by atoms with E-state index in [1.807, 2.05) is 0 Å². The molecule has 0 fully saturated rings. The zero-order valence-corrected chi connectivity index (χ0v) is 9.64. The lowest BCUT2D eigenvalue weighted by Crippen LogP contribution is -2.15. The van der Waals surface area contributed by atoms with Gasteiger partial charge < -0.3 is 0 Å². The van der Waals surface area contributed by atoms with Crippen LogP contribution in [0.25, 0.3) is 5.65 Å². The molecule has 0 saturated carbocycles. The van der Waals surface area contributed by atoms with E-state index in [9.17, 15) is 4.79 Å². The van der Waals surface area contributed by atoms with Crippen molar-refractivity contribution in [1.82, 2.24) is 9.38 Å². The van der Waals surface area contributed by atoms with Gasteiger partial charge in [-0.2, -0.15) is 0 Å². The summed E-state index contributed by atoms with van der Waals surface area (Å²) in [4.78, 5) is 15.7. The summed E-state index contributed by atoms with van der Waals surface area (Å²) >= 11 is 17.3. The highest BCUT2D eigenvalue weighted by Gasteiger charge is 2.06. The first kappa shape index (κ1) is 10.7. The third kappa shape index (κ3) is 1.95. The molecule has 15 heavy (non-hydrogen) atoms. The number of aromatic nitrogens is 2. The molecule has 6 heteroatoms. The van der Waals surface area contributed by atoms with Crippen molar-refractivity contribution in [2.45, 2.75) is 5.88 Å². The van der Waals surface area contributed by atoms with Crippen LogP contribution in [0.4, 0.5) is 0 Å². The van der Waals surface area contributed by atoms with Crippen LogP contribution in [0.5, 0.6) is 0 Å². The normalized spacial score (nSPS) is 10.9. The summed E-state index contributed by atoms with van der Waals surface area (Å²) in [5.41, 5.74) is 0.607. The predicted molar refractivity (Wildman–Crippen MR) is 61.0 cm³/mol. The third-order valence-electron chi connectivity index (χ3n) is 1.87. The molecule has 2 rings (SSSR count). The summed E-state index contributed by atoms with van der Waals surface area (Å²) in [5, 5.41) is 0.710. The molecule has 0 aliphatic carbocycles. The van der Waals surface area contributed by atoms with Crippen LogP contribution in [0.2, 0.25) is 10.0 Å². The molecule has 0 aliphatic heterocycles. The summed E-state index contributed by atoms with van der Waals surface area (Å²) in [6.07, 6.45) is 1.47. The average Bonchev–Trinajstić information content (AvgIpc) is 2.19. The highest BCUT2D eigenvalue weighted by Crippen LogP contribution is 2.19. The number of alkyl halides is 1. The van der Waals surface area contributed by atoms with Crippen molar-refractivity contribution in [1.29, 1.82) is 0 Å². The minimum atomic E-state index is -0.250. The Hall–Kier alpha value is -0.770. The quantitative estimate of drug-likeness (QED) is 0.742. The van der Waals surface area contributed by atoms with Crippen LogP contribution in [0.3, 0.4) is 0 Å². The number of rotatable bonds is 1. The van der Waals surface area contributed by atoms with Crippen LogP contribution in [0, 0.1) is 0 Å². The van der Waals surface area contributed by atoms with Crippen molar-refractivity contribution in [3.63, 3.8) is 0 Å². The Labute approximate surface area is 100 Å². The molecule has 0 saturated heterocycles. The number of pyridine rings is 1. The third-order valence-corrected chi connectivity index (χ3v) is 2.63. The van der Waals surface area contributed by atoms with E-state index in [1.165, 1.54) is 22.7 Å². The van der Waals surface area contributed by atoms with Gasteiger partial charge in [0.2, 0.25) is 0 Å². The number of nitrogens with zero attached hydrogens (tertiary/aromatic N) is 2. The first-order valence-corrected chi connectivity index (χ1v) is 5.34. The minimum absolute atomic E-state index is 0.171. The fraction of sp³-hybridized carbons (Fsp3) is 0.111. The Balaban J connectivity index is 2.91. The maximum atomic E-state index is 11.6. The minimum Gasteiger partial charge on any atom is -0.269 e. The monoisotopic (exact) mass is 262 g/mol. The first-order chi connectivity index (χ1) is 7.11. The number of hydrogen-bond acceptors (Lipinski definition) is 2. The smallest absolute Gasteiger partial charge is 0.258 e. The fourth-order valence-electron chi connectivity index (χ4n) is 1.25. The predicted octanol–water partition coefficient (Wildman–Crippen LogP) is 2.74. The SMILES string of the molecule is O=c1cc(CCl)nc2c(Cl)cc(Cl)cn12. The molecule has 0 amide bonds. The average molecular weight is 264 g/mol. The lowest BCUT2D eigenvalue weighted by Gasteiger charge is -2.04. The summed E-state index contributed by atoms with van der Waals surface area (Å²) in [6.45, 7) is 0. The lowest BCUT2D eigenvalue weighted by molar-refractivity contribution is 1.01. The van der Waals surface area contributed by atoms with Crippen molar-refractivity contribution >= 4 is 40.4 Å². The molecule has 0 aliphatic rings. The van der Waals surface area contributed by atoms with Gasteiger partial charge in [0.05, 0.1) is 21.6 Å². The topological polar surface area (TPSA) is 34.4 Å². The van der Waals surface area contributed by atoms with Gasteiger partial charge in [0.15, 0.2) is 5.65 Å². The zero-order chi connectivity index (χ0) is 11.0. The molecule has 3 nitrogen and oxygen atoms in total. The number of halogens is 3. The molecule has 0 atom stereocenters. The van der Waals surface area contributed by atoms with Gasteiger partial charge in [-0.25, -0.2) is 4.98 Å². The Kier molecular flexibility index (Phi) is 2.87. The van der Waals surface area contributed by atoms with E-state index in [4.69, 9.17) is 34.8 Å². The maximum absolute atomic E-state index is 11.6. The highest BCUT2D eigenvalue weighted by atomic mass is 35.5. The highest BCUT2D eigenvalue weighted by molar-refractivity contribution is 6.36. The molecule has 0 spiro atoms. The Morgan fingerprint density at radius 1 is 1.33 bits per heavy atom. The summed E-state index contributed by atoms with van der Waals surface area (Å²) in [7, 11) is 0. The Morgan fingerprint density at radius 2 is 2.07 bits per heavy atom. The molecule has 0 N–H and O–H groups in total. The largest absolute Gasteiger partial charge is 0.269 e. The lowest BCUT2D eigenvalue weighted by atomic mass is 10.4. The molecule has 2 aromatic heterocycles. The molecule has 78 valence electrons. The van der Waals surface area contributed by atoms with E-state index in [1.54, 1.807) is 0 Å².